The third-order valence-corrected chi connectivity index (χ3v) is 3.39. The highest BCUT2D eigenvalue weighted by molar-refractivity contribution is 5.86. The molecule has 0 radical (unpaired) electrons. The van der Waals surface area contributed by atoms with Gasteiger partial charge in [-0.1, -0.05) is 0 Å². The van der Waals surface area contributed by atoms with Gasteiger partial charge < -0.3 is 15.5 Å². The highest BCUT2D eigenvalue weighted by atomic mass is 16.2. The summed E-state index contributed by atoms with van der Waals surface area (Å²) in [5.41, 5.74) is 0. The summed E-state index contributed by atoms with van der Waals surface area (Å²) in [7, 11) is 1.59. The van der Waals surface area contributed by atoms with Gasteiger partial charge in [0.05, 0.1) is 12.5 Å². The van der Waals surface area contributed by atoms with E-state index in [0.717, 1.165) is 19.4 Å². The van der Waals surface area contributed by atoms with Crippen LogP contribution in [0.4, 0.5) is 0 Å². The Morgan fingerprint density at radius 3 is 2.71 bits per heavy atom. The maximum absolute atomic E-state index is 12.3. The molecule has 0 spiro atoms. The Bertz CT molecular complexity index is 281. The van der Waals surface area contributed by atoms with Crippen LogP contribution in [0.3, 0.4) is 0 Å². The van der Waals surface area contributed by atoms with Gasteiger partial charge in [-0.15, -0.1) is 0 Å². The molecule has 0 aromatic rings. The number of nitrogens with zero attached hydrogens (tertiary/aromatic N) is 1. The molecule has 0 aromatic heterocycles. The number of carbonyl (C=O) groups excluding carboxylic acids is 2. The summed E-state index contributed by atoms with van der Waals surface area (Å²) in [6.07, 6.45) is 1.94. The van der Waals surface area contributed by atoms with E-state index in [9.17, 15) is 9.59 Å². The van der Waals surface area contributed by atoms with E-state index in [0.29, 0.717) is 6.54 Å². The Kier molecular flexibility index (Phi) is 5.41. The normalized spacial score (nSPS) is 24.2. The Labute approximate surface area is 103 Å². The van der Waals surface area contributed by atoms with Crippen LogP contribution in [0.5, 0.6) is 0 Å². The molecule has 0 saturated carbocycles. The minimum absolute atomic E-state index is 0.00774. The predicted octanol–water partition coefficient (Wildman–Crippen LogP) is -0.0310. The number of rotatable bonds is 4. The first kappa shape index (κ1) is 14.0. The Hall–Kier alpha value is -1.10. The van der Waals surface area contributed by atoms with Crippen molar-refractivity contribution in [3.05, 3.63) is 0 Å². The van der Waals surface area contributed by atoms with Crippen LogP contribution in [-0.2, 0) is 9.59 Å². The quantitative estimate of drug-likeness (QED) is 0.726. The van der Waals surface area contributed by atoms with Gasteiger partial charge in [-0.2, -0.15) is 0 Å². The third kappa shape index (κ3) is 3.70. The summed E-state index contributed by atoms with van der Waals surface area (Å²) in [6.45, 7) is 5.66. The van der Waals surface area contributed by atoms with Crippen LogP contribution < -0.4 is 10.6 Å². The van der Waals surface area contributed by atoms with Crippen LogP contribution in [0.2, 0.25) is 0 Å². The lowest BCUT2D eigenvalue weighted by Gasteiger charge is -2.33. The van der Waals surface area contributed by atoms with Gasteiger partial charge in [0.15, 0.2) is 0 Å². The average molecular weight is 241 g/mol. The summed E-state index contributed by atoms with van der Waals surface area (Å²) in [5, 5.41) is 5.86. The molecule has 2 unspecified atom stereocenters. The molecule has 0 aromatic carbocycles. The molecule has 1 aliphatic heterocycles. The Balaban J connectivity index is 2.61. The molecule has 5 nitrogen and oxygen atoms in total. The third-order valence-electron chi connectivity index (χ3n) is 3.39. The maximum atomic E-state index is 12.3. The number of hydrogen-bond acceptors (Lipinski definition) is 3. The van der Waals surface area contributed by atoms with Gasteiger partial charge in [-0.25, -0.2) is 0 Å². The molecule has 0 bridgehead atoms. The van der Waals surface area contributed by atoms with Gasteiger partial charge in [0.1, 0.15) is 0 Å². The van der Waals surface area contributed by atoms with Crippen LogP contribution in [-0.4, -0.2) is 49.4 Å². The van der Waals surface area contributed by atoms with Crippen molar-refractivity contribution in [1.82, 2.24) is 15.5 Å². The second-order valence-electron chi connectivity index (χ2n) is 4.52. The summed E-state index contributed by atoms with van der Waals surface area (Å²) in [6, 6.07) is 0.204. The lowest BCUT2D eigenvalue weighted by atomic mass is 9.90. The standard InChI is InChI=1S/C12H23N3O2/c1-4-15(8-11(16)13-3)12(17)10-6-5-7-14-9(10)2/h9-10,14H,4-8H2,1-3H3,(H,13,16). The first-order valence-corrected chi connectivity index (χ1v) is 6.32. The predicted molar refractivity (Wildman–Crippen MR) is 66.5 cm³/mol. The topological polar surface area (TPSA) is 61.4 Å². The molecular formula is C12H23N3O2. The molecule has 5 heteroatoms. The molecule has 2 atom stereocenters. The van der Waals surface area contributed by atoms with E-state index in [1.807, 2.05) is 13.8 Å². The van der Waals surface area contributed by atoms with Gasteiger partial charge in [0.2, 0.25) is 11.8 Å². The van der Waals surface area contributed by atoms with E-state index in [4.69, 9.17) is 0 Å². The molecule has 0 aliphatic carbocycles. The molecule has 1 fully saturated rings. The highest BCUT2D eigenvalue weighted by Gasteiger charge is 2.30. The van der Waals surface area contributed by atoms with E-state index in [1.165, 1.54) is 0 Å². The molecule has 1 saturated heterocycles. The molecule has 1 rings (SSSR count). The van der Waals surface area contributed by atoms with Gasteiger partial charge in [-0.3, -0.25) is 9.59 Å². The minimum Gasteiger partial charge on any atom is -0.358 e. The van der Waals surface area contributed by atoms with Crippen molar-refractivity contribution >= 4 is 11.8 Å². The monoisotopic (exact) mass is 241 g/mol. The van der Waals surface area contributed by atoms with Gasteiger partial charge in [-0.05, 0) is 33.2 Å². The van der Waals surface area contributed by atoms with Gasteiger partial charge >= 0.3 is 0 Å². The van der Waals surface area contributed by atoms with Crippen LogP contribution in [0, 0.1) is 5.92 Å². The zero-order valence-corrected chi connectivity index (χ0v) is 11.0. The van der Waals surface area contributed by atoms with Crippen molar-refractivity contribution < 1.29 is 9.59 Å². The Morgan fingerprint density at radius 1 is 1.47 bits per heavy atom. The number of piperidine rings is 1. The number of carbonyl (C=O) groups is 2. The number of amides is 2. The Morgan fingerprint density at radius 2 is 2.18 bits per heavy atom. The molecule has 17 heavy (non-hydrogen) atoms. The van der Waals surface area contributed by atoms with Crippen molar-refractivity contribution in [2.45, 2.75) is 32.7 Å². The minimum atomic E-state index is -0.114. The van der Waals surface area contributed by atoms with E-state index in [-0.39, 0.29) is 30.3 Å². The number of likely N-dealkylation sites (N-methyl/N-ethyl adjacent to an activating group) is 2. The largest absolute Gasteiger partial charge is 0.358 e. The molecule has 2 N–H and O–H groups in total. The van der Waals surface area contributed by atoms with Crippen LogP contribution in [0.25, 0.3) is 0 Å². The van der Waals surface area contributed by atoms with E-state index in [1.54, 1.807) is 11.9 Å². The number of nitrogens with one attached hydrogen (secondary N) is 2. The van der Waals surface area contributed by atoms with Crippen molar-refractivity contribution in [2.24, 2.45) is 5.92 Å². The smallest absolute Gasteiger partial charge is 0.239 e. The zero-order valence-electron chi connectivity index (χ0n) is 11.0. The van der Waals surface area contributed by atoms with Crippen LogP contribution in [0.1, 0.15) is 26.7 Å². The maximum Gasteiger partial charge on any atom is 0.239 e. The summed E-state index contributed by atoms with van der Waals surface area (Å²) in [4.78, 5) is 25.3. The van der Waals surface area contributed by atoms with Crippen LogP contribution >= 0.6 is 0 Å². The lowest BCUT2D eigenvalue weighted by Crippen LogP contribution is -2.50. The second kappa shape index (κ2) is 6.59. The molecule has 2 amide bonds. The molecular weight excluding hydrogens is 218 g/mol. The molecule has 1 heterocycles. The van der Waals surface area contributed by atoms with Crippen LogP contribution in [0.15, 0.2) is 0 Å². The summed E-state index contributed by atoms with van der Waals surface area (Å²) >= 11 is 0. The van der Waals surface area contributed by atoms with E-state index >= 15 is 0 Å². The first-order chi connectivity index (χ1) is 8.10. The number of hydrogen-bond donors (Lipinski definition) is 2. The zero-order chi connectivity index (χ0) is 12.8. The highest BCUT2D eigenvalue weighted by Crippen LogP contribution is 2.18. The van der Waals surface area contributed by atoms with Gasteiger partial charge in [0.25, 0.3) is 0 Å². The van der Waals surface area contributed by atoms with Crippen molar-refractivity contribution in [3.8, 4) is 0 Å². The van der Waals surface area contributed by atoms with Gasteiger partial charge in [0, 0.05) is 19.6 Å². The molecule has 98 valence electrons. The van der Waals surface area contributed by atoms with E-state index < -0.39 is 0 Å². The average Bonchev–Trinajstić information content (AvgIpc) is 2.35. The second-order valence-corrected chi connectivity index (χ2v) is 4.52. The SMILES string of the molecule is CCN(CC(=O)NC)C(=O)C1CCCNC1C. The van der Waals surface area contributed by atoms with E-state index in [2.05, 4.69) is 10.6 Å². The fourth-order valence-electron chi connectivity index (χ4n) is 2.21. The summed E-state index contributed by atoms with van der Waals surface area (Å²) in [5.74, 6) is -0.0132. The summed E-state index contributed by atoms with van der Waals surface area (Å²) < 4.78 is 0. The van der Waals surface area contributed by atoms with Crippen molar-refractivity contribution in [2.75, 3.05) is 26.7 Å². The molecule has 1 aliphatic rings. The fourth-order valence-corrected chi connectivity index (χ4v) is 2.21. The fraction of sp³-hybridized carbons (Fsp3) is 0.833. The lowest BCUT2D eigenvalue weighted by molar-refractivity contribution is -0.140. The first-order valence-electron chi connectivity index (χ1n) is 6.32. The van der Waals surface area contributed by atoms with Crippen molar-refractivity contribution in [3.63, 3.8) is 0 Å². The van der Waals surface area contributed by atoms with Crippen molar-refractivity contribution in [1.29, 1.82) is 0 Å².